The molecule has 2 rings (SSSR count). The minimum Gasteiger partial charge on any atom is -0.445 e. The fourth-order valence-electron chi connectivity index (χ4n) is 2.30. The molecule has 112 valence electrons. The number of hydrogen-bond donors (Lipinski definition) is 1. The number of carbonyl (C=O) groups is 1. The SMILES string of the molecule is [N-]=[N+]=N[C@@H]1CCCN(C(=O)OCc2ccccc2)C[C@@H]1O. The maximum Gasteiger partial charge on any atom is 0.410 e. The largest absolute Gasteiger partial charge is 0.445 e. The Kier molecular flexibility index (Phi) is 5.43. The lowest BCUT2D eigenvalue weighted by Gasteiger charge is -2.22. The highest BCUT2D eigenvalue weighted by atomic mass is 16.6. The number of aliphatic hydroxyl groups is 1. The molecule has 1 aromatic rings. The summed E-state index contributed by atoms with van der Waals surface area (Å²) >= 11 is 0. The summed E-state index contributed by atoms with van der Waals surface area (Å²) < 4.78 is 5.24. The number of aliphatic hydroxyl groups excluding tert-OH is 1. The van der Waals surface area contributed by atoms with Crippen molar-refractivity contribution in [2.24, 2.45) is 5.11 Å². The first kappa shape index (κ1) is 15.2. The lowest BCUT2D eigenvalue weighted by Crippen LogP contribution is -2.39. The lowest BCUT2D eigenvalue weighted by atomic mass is 10.1. The van der Waals surface area contributed by atoms with Crippen LogP contribution in [0.15, 0.2) is 35.4 Å². The maximum absolute atomic E-state index is 12.0. The Bertz CT molecular complexity index is 516. The van der Waals surface area contributed by atoms with Gasteiger partial charge in [-0.15, -0.1) is 0 Å². The number of carbonyl (C=O) groups excluding carboxylic acids is 1. The van der Waals surface area contributed by atoms with E-state index in [0.29, 0.717) is 19.4 Å². The van der Waals surface area contributed by atoms with Crippen molar-refractivity contribution in [3.63, 3.8) is 0 Å². The molecule has 1 amide bonds. The number of ether oxygens (including phenoxy) is 1. The summed E-state index contributed by atoms with van der Waals surface area (Å²) in [5.74, 6) is 0. The Balaban J connectivity index is 1.89. The van der Waals surface area contributed by atoms with Crippen molar-refractivity contribution < 1.29 is 14.6 Å². The van der Waals surface area contributed by atoms with Gasteiger partial charge in [-0.25, -0.2) is 4.79 Å². The number of amides is 1. The molecule has 7 heteroatoms. The van der Waals surface area contributed by atoms with Crippen LogP contribution in [-0.2, 0) is 11.3 Å². The van der Waals surface area contributed by atoms with Gasteiger partial charge >= 0.3 is 6.09 Å². The molecule has 0 radical (unpaired) electrons. The summed E-state index contributed by atoms with van der Waals surface area (Å²) in [6, 6.07) is 8.92. The average molecular weight is 290 g/mol. The van der Waals surface area contributed by atoms with Gasteiger partial charge in [0, 0.05) is 11.5 Å². The van der Waals surface area contributed by atoms with Gasteiger partial charge in [0.2, 0.25) is 0 Å². The minimum atomic E-state index is -0.854. The molecule has 1 aliphatic rings. The Hall–Kier alpha value is -2.24. The van der Waals surface area contributed by atoms with Crippen molar-refractivity contribution in [1.29, 1.82) is 0 Å². The maximum atomic E-state index is 12.0. The smallest absolute Gasteiger partial charge is 0.410 e. The van der Waals surface area contributed by atoms with E-state index < -0.39 is 18.2 Å². The van der Waals surface area contributed by atoms with E-state index in [9.17, 15) is 9.90 Å². The predicted molar refractivity (Wildman–Crippen MR) is 76.4 cm³/mol. The van der Waals surface area contributed by atoms with Crippen molar-refractivity contribution in [1.82, 2.24) is 4.90 Å². The molecule has 7 nitrogen and oxygen atoms in total. The molecule has 2 atom stereocenters. The highest BCUT2D eigenvalue weighted by Crippen LogP contribution is 2.16. The third kappa shape index (κ3) is 4.37. The van der Waals surface area contributed by atoms with Crippen LogP contribution in [0.25, 0.3) is 10.4 Å². The topological polar surface area (TPSA) is 98.5 Å². The van der Waals surface area contributed by atoms with Gasteiger partial charge in [-0.05, 0) is 23.9 Å². The molecule has 1 aromatic carbocycles. The van der Waals surface area contributed by atoms with Crippen molar-refractivity contribution in [3.05, 3.63) is 46.3 Å². The van der Waals surface area contributed by atoms with Crippen LogP contribution in [0.2, 0.25) is 0 Å². The van der Waals surface area contributed by atoms with Gasteiger partial charge in [0.15, 0.2) is 0 Å². The van der Waals surface area contributed by atoms with E-state index in [1.54, 1.807) is 0 Å². The highest BCUT2D eigenvalue weighted by molar-refractivity contribution is 5.67. The fraction of sp³-hybridized carbons (Fsp3) is 0.500. The van der Waals surface area contributed by atoms with Crippen molar-refractivity contribution >= 4 is 6.09 Å². The molecule has 0 aliphatic carbocycles. The minimum absolute atomic E-state index is 0.122. The van der Waals surface area contributed by atoms with E-state index in [4.69, 9.17) is 10.3 Å². The lowest BCUT2D eigenvalue weighted by molar-refractivity contribution is 0.0702. The van der Waals surface area contributed by atoms with Crippen molar-refractivity contribution in [3.8, 4) is 0 Å². The molecule has 1 N–H and O–H groups in total. The van der Waals surface area contributed by atoms with Crippen molar-refractivity contribution in [2.75, 3.05) is 13.1 Å². The van der Waals surface area contributed by atoms with Gasteiger partial charge in [-0.1, -0.05) is 35.4 Å². The molecule has 21 heavy (non-hydrogen) atoms. The van der Waals surface area contributed by atoms with Crippen LogP contribution in [-0.4, -0.2) is 41.3 Å². The molecule has 0 spiro atoms. The molecule has 0 saturated carbocycles. The van der Waals surface area contributed by atoms with Gasteiger partial charge in [-0.3, -0.25) is 0 Å². The molecule has 1 saturated heterocycles. The van der Waals surface area contributed by atoms with Crippen LogP contribution in [0.4, 0.5) is 4.79 Å². The third-order valence-corrected chi connectivity index (χ3v) is 3.44. The van der Waals surface area contributed by atoms with E-state index >= 15 is 0 Å². The Morgan fingerprint density at radius 2 is 2.24 bits per heavy atom. The average Bonchev–Trinajstić information content (AvgIpc) is 2.69. The van der Waals surface area contributed by atoms with E-state index in [-0.39, 0.29) is 13.2 Å². The van der Waals surface area contributed by atoms with Crippen LogP contribution in [0.3, 0.4) is 0 Å². The number of hydrogen-bond acceptors (Lipinski definition) is 4. The van der Waals surface area contributed by atoms with Crippen molar-refractivity contribution in [2.45, 2.75) is 31.6 Å². The Labute approximate surface area is 122 Å². The van der Waals surface area contributed by atoms with Crippen LogP contribution in [0, 0.1) is 0 Å². The number of nitrogens with zero attached hydrogens (tertiary/aromatic N) is 4. The number of rotatable bonds is 3. The summed E-state index contributed by atoms with van der Waals surface area (Å²) in [6.07, 6.45) is -0.0818. The molecular formula is C14H18N4O3. The van der Waals surface area contributed by atoms with E-state index in [0.717, 1.165) is 5.56 Å². The summed E-state index contributed by atoms with van der Waals surface area (Å²) in [6.45, 7) is 0.811. The van der Waals surface area contributed by atoms with E-state index in [2.05, 4.69) is 10.0 Å². The third-order valence-electron chi connectivity index (χ3n) is 3.44. The summed E-state index contributed by atoms with van der Waals surface area (Å²) in [5.41, 5.74) is 9.37. The monoisotopic (exact) mass is 290 g/mol. The molecular weight excluding hydrogens is 272 g/mol. The van der Waals surface area contributed by atoms with Crippen LogP contribution >= 0.6 is 0 Å². The second-order valence-electron chi connectivity index (χ2n) is 4.97. The van der Waals surface area contributed by atoms with Crippen LogP contribution < -0.4 is 0 Å². The second kappa shape index (κ2) is 7.52. The summed E-state index contributed by atoms with van der Waals surface area (Å²) in [4.78, 5) is 16.2. The van der Waals surface area contributed by atoms with Gasteiger partial charge in [0.05, 0.1) is 18.7 Å². The molecule has 0 bridgehead atoms. The number of benzene rings is 1. The number of azide groups is 1. The fourth-order valence-corrected chi connectivity index (χ4v) is 2.30. The zero-order valence-corrected chi connectivity index (χ0v) is 11.6. The quantitative estimate of drug-likeness (QED) is 0.526. The molecule has 0 aromatic heterocycles. The zero-order chi connectivity index (χ0) is 15.1. The Morgan fingerprint density at radius 1 is 1.48 bits per heavy atom. The first-order valence-corrected chi connectivity index (χ1v) is 6.88. The number of likely N-dealkylation sites (tertiary alicyclic amines) is 1. The second-order valence-corrected chi connectivity index (χ2v) is 4.97. The number of β-amino-alcohol motifs (C(OH)–C–C–N with tert-alkyl or cyclic N) is 1. The first-order chi connectivity index (χ1) is 10.2. The molecule has 1 heterocycles. The molecule has 1 aliphatic heterocycles. The van der Waals surface area contributed by atoms with Crippen LogP contribution in [0.1, 0.15) is 18.4 Å². The summed E-state index contributed by atoms with van der Waals surface area (Å²) in [5, 5.41) is 13.5. The standard InChI is InChI=1S/C14H18N4O3/c15-17-16-12-7-4-8-18(9-13(12)19)14(20)21-10-11-5-2-1-3-6-11/h1-3,5-6,12-13,19H,4,7-10H2/t12-,13+/m1/s1. The van der Waals surface area contributed by atoms with Gasteiger partial charge in [0.25, 0.3) is 0 Å². The van der Waals surface area contributed by atoms with Gasteiger partial charge in [0.1, 0.15) is 6.61 Å². The highest BCUT2D eigenvalue weighted by Gasteiger charge is 2.27. The predicted octanol–water partition coefficient (Wildman–Crippen LogP) is 2.46. The van der Waals surface area contributed by atoms with Gasteiger partial charge in [-0.2, -0.15) is 0 Å². The van der Waals surface area contributed by atoms with Crippen LogP contribution in [0.5, 0.6) is 0 Å². The zero-order valence-electron chi connectivity index (χ0n) is 11.6. The van der Waals surface area contributed by atoms with E-state index in [1.165, 1.54) is 4.90 Å². The Morgan fingerprint density at radius 3 is 2.95 bits per heavy atom. The van der Waals surface area contributed by atoms with Gasteiger partial charge < -0.3 is 14.7 Å². The molecule has 1 fully saturated rings. The normalized spacial score (nSPS) is 22.0. The van der Waals surface area contributed by atoms with E-state index in [1.807, 2.05) is 30.3 Å². The molecule has 0 unspecified atom stereocenters. The first-order valence-electron chi connectivity index (χ1n) is 6.88. The summed E-state index contributed by atoms with van der Waals surface area (Å²) in [7, 11) is 0.